The molecule has 1 heterocycles. The summed E-state index contributed by atoms with van der Waals surface area (Å²) in [5.41, 5.74) is 0.271. The lowest BCUT2D eigenvalue weighted by Crippen LogP contribution is -2.32. The third kappa shape index (κ3) is 4.80. The van der Waals surface area contributed by atoms with Crippen molar-refractivity contribution >= 4 is 23.5 Å². The van der Waals surface area contributed by atoms with Gasteiger partial charge in [-0.15, -0.1) is 0 Å². The Morgan fingerprint density at radius 1 is 1.30 bits per heavy atom. The number of carbonyl (C=O) groups is 1. The van der Waals surface area contributed by atoms with Crippen molar-refractivity contribution in [3.63, 3.8) is 0 Å². The minimum atomic E-state index is -0.204. The van der Waals surface area contributed by atoms with Crippen molar-refractivity contribution in [2.24, 2.45) is 11.8 Å². The van der Waals surface area contributed by atoms with Gasteiger partial charge in [0.2, 0.25) is 5.95 Å². The Balaban J connectivity index is 1.99. The maximum absolute atomic E-state index is 12.4. The second-order valence-corrected chi connectivity index (χ2v) is 6.78. The van der Waals surface area contributed by atoms with Crippen molar-refractivity contribution in [2.75, 3.05) is 24.5 Å². The average Bonchev–Trinajstić information content (AvgIpc) is 2.56. The smallest absolute Gasteiger partial charge is 0.271 e. The van der Waals surface area contributed by atoms with E-state index in [-0.39, 0.29) is 11.6 Å². The van der Waals surface area contributed by atoms with Gasteiger partial charge in [0.25, 0.3) is 5.91 Å². The Morgan fingerprint density at radius 2 is 1.96 bits per heavy atom. The van der Waals surface area contributed by atoms with Crippen LogP contribution in [0.15, 0.2) is 6.20 Å². The number of aromatic nitrogens is 2. The van der Waals surface area contributed by atoms with E-state index in [1.165, 1.54) is 31.9 Å². The molecule has 1 aliphatic rings. The van der Waals surface area contributed by atoms with Gasteiger partial charge in [-0.25, -0.2) is 9.97 Å². The molecule has 0 atom stereocenters. The molecule has 1 saturated carbocycles. The van der Waals surface area contributed by atoms with Crippen LogP contribution >= 0.6 is 11.6 Å². The zero-order chi connectivity index (χ0) is 16.8. The van der Waals surface area contributed by atoms with Crippen molar-refractivity contribution in [3.05, 3.63) is 16.9 Å². The first-order valence-corrected chi connectivity index (χ1v) is 8.98. The first-order valence-electron chi connectivity index (χ1n) is 8.60. The monoisotopic (exact) mass is 338 g/mol. The predicted octanol–water partition coefficient (Wildman–Crippen LogP) is 3.53. The number of amides is 1. The third-order valence-electron chi connectivity index (χ3n) is 4.68. The molecular weight excluding hydrogens is 312 g/mol. The lowest BCUT2D eigenvalue weighted by atomic mass is 9.83. The van der Waals surface area contributed by atoms with Gasteiger partial charge < -0.3 is 10.2 Å². The van der Waals surface area contributed by atoms with Crippen molar-refractivity contribution in [3.8, 4) is 0 Å². The maximum Gasteiger partial charge on any atom is 0.271 e. The molecule has 2 rings (SSSR count). The number of hydrogen-bond donors (Lipinski definition) is 1. The van der Waals surface area contributed by atoms with Crippen LogP contribution < -0.4 is 10.2 Å². The van der Waals surface area contributed by atoms with Crippen LogP contribution in [0, 0.1) is 11.8 Å². The van der Waals surface area contributed by atoms with Crippen LogP contribution in [-0.2, 0) is 0 Å². The topological polar surface area (TPSA) is 58.1 Å². The third-order valence-corrected chi connectivity index (χ3v) is 4.96. The number of rotatable bonds is 6. The maximum atomic E-state index is 12.4. The average molecular weight is 339 g/mol. The van der Waals surface area contributed by atoms with Gasteiger partial charge in [0.15, 0.2) is 5.69 Å². The van der Waals surface area contributed by atoms with Crippen molar-refractivity contribution in [2.45, 2.75) is 46.5 Å². The van der Waals surface area contributed by atoms with Crippen LogP contribution in [-0.4, -0.2) is 35.5 Å². The van der Waals surface area contributed by atoms with E-state index < -0.39 is 0 Å². The van der Waals surface area contributed by atoms with Gasteiger partial charge in [0, 0.05) is 19.6 Å². The quantitative estimate of drug-likeness (QED) is 0.862. The van der Waals surface area contributed by atoms with Gasteiger partial charge in [-0.05, 0) is 38.5 Å². The molecule has 1 aromatic rings. The van der Waals surface area contributed by atoms with Gasteiger partial charge in [0.1, 0.15) is 0 Å². The van der Waals surface area contributed by atoms with Crippen LogP contribution in [0.5, 0.6) is 0 Å². The normalized spacial score (nSPS) is 21.0. The minimum Gasteiger partial charge on any atom is -0.350 e. The molecule has 0 bridgehead atoms. The fourth-order valence-electron chi connectivity index (χ4n) is 3.03. The Hall–Kier alpha value is -1.36. The minimum absolute atomic E-state index is 0.204. The van der Waals surface area contributed by atoms with E-state index in [0.29, 0.717) is 23.4 Å². The molecule has 128 valence electrons. The molecule has 0 aromatic carbocycles. The molecule has 0 radical (unpaired) electrons. The largest absolute Gasteiger partial charge is 0.350 e. The Bertz CT molecular complexity index is 525. The molecule has 1 N–H and O–H groups in total. The summed E-state index contributed by atoms with van der Waals surface area (Å²) in [5.74, 6) is 1.73. The Morgan fingerprint density at radius 3 is 2.57 bits per heavy atom. The Labute approximate surface area is 143 Å². The molecule has 6 heteroatoms. The first kappa shape index (κ1) is 18.0. The summed E-state index contributed by atoms with van der Waals surface area (Å²) in [6, 6.07) is 0. The lowest BCUT2D eigenvalue weighted by molar-refractivity contribution is 0.0937. The molecule has 1 amide bonds. The number of hydrogen-bond acceptors (Lipinski definition) is 4. The van der Waals surface area contributed by atoms with Crippen LogP contribution in [0.1, 0.15) is 56.9 Å². The van der Waals surface area contributed by atoms with E-state index in [9.17, 15) is 4.79 Å². The van der Waals surface area contributed by atoms with Gasteiger partial charge in [-0.3, -0.25) is 4.79 Å². The summed E-state index contributed by atoms with van der Waals surface area (Å²) in [5, 5.41) is 3.30. The molecule has 1 fully saturated rings. The van der Waals surface area contributed by atoms with E-state index in [1.54, 1.807) is 0 Å². The number of nitrogens with one attached hydrogen (secondary N) is 1. The molecule has 5 nitrogen and oxygen atoms in total. The molecule has 1 aromatic heterocycles. The van der Waals surface area contributed by atoms with Crippen LogP contribution in [0.2, 0.25) is 5.02 Å². The molecule has 0 spiro atoms. The summed E-state index contributed by atoms with van der Waals surface area (Å²) in [6.45, 7) is 8.64. The van der Waals surface area contributed by atoms with E-state index in [0.717, 1.165) is 19.0 Å². The van der Waals surface area contributed by atoms with Crippen molar-refractivity contribution in [1.82, 2.24) is 15.3 Å². The lowest BCUT2D eigenvalue weighted by Gasteiger charge is -2.26. The van der Waals surface area contributed by atoms with Gasteiger partial charge in [-0.1, -0.05) is 31.4 Å². The summed E-state index contributed by atoms with van der Waals surface area (Å²) >= 11 is 6.12. The second kappa shape index (κ2) is 8.48. The summed E-state index contributed by atoms with van der Waals surface area (Å²) in [6.07, 6.45) is 6.38. The van der Waals surface area contributed by atoms with E-state index in [2.05, 4.69) is 22.2 Å². The predicted molar refractivity (Wildman–Crippen MR) is 94.1 cm³/mol. The van der Waals surface area contributed by atoms with Crippen LogP contribution in [0.25, 0.3) is 0 Å². The fourth-order valence-corrected chi connectivity index (χ4v) is 3.21. The van der Waals surface area contributed by atoms with Gasteiger partial charge >= 0.3 is 0 Å². The standard InChI is InChI=1S/C17H27ClN4O/c1-4-22(5-2)17-20-11-14(18)15(21-17)16(23)19-10-13-8-6-12(3)7-9-13/h11-13H,4-10H2,1-3H3,(H,19,23). The van der Waals surface area contributed by atoms with Crippen molar-refractivity contribution in [1.29, 1.82) is 0 Å². The highest BCUT2D eigenvalue weighted by Gasteiger charge is 2.21. The number of carbonyl (C=O) groups excluding carboxylic acids is 1. The number of halogens is 1. The molecular formula is C17H27ClN4O. The highest BCUT2D eigenvalue weighted by atomic mass is 35.5. The molecule has 23 heavy (non-hydrogen) atoms. The van der Waals surface area contributed by atoms with Crippen LogP contribution in [0.3, 0.4) is 0 Å². The summed E-state index contributed by atoms with van der Waals surface area (Å²) < 4.78 is 0. The summed E-state index contributed by atoms with van der Waals surface area (Å²) in [7, 11) is 0. The number of nitrogens with zero attached hydrogens (tertiary/aromatic N) is 3. The molecule has 1 aliphatic carbocycles. The SMILES string of the molecule is CCN(CC)c1ncc(Cl)c(C(=O)NCC2CCC(C)CC2)n1. The zero-order valence-electron chi connectivity index (χ0n) is 14.3. The molecule has 0 unspecified atom stereocenters. The highest BCUT2D eigenvalue weighted by Crippen LogP contribution is 2.27. The highest BCUT2D eigenvalue weighted by molar-refractivity contribution is 6.33. The van der Waals surface area contributed by atoms with Gasteiger partial charge in [0.05, 0.1) is 11.2 Å². The Kier molecular flexibility index (Phi) is 6.63. The van der Waals surface area contributed by atoms with E-state index in [4.69, 9.17) is 11.6 Å². The summed E-state index contributed by atoms with van der Waals surface area (Å²) in [4.78, 5) is 23.0. The number of anilines is 1. The van der Waals surface area contributed by atoms with Crippen LogP contribution in [0.4, 0.5) is 5.95 Å². The first-order chi connectivity index (χ1) is 11.0. The molecule has 0 aliphatic heterocycles. The van der Waals surface area contributed by atoms with E-state index in [1.807, 2.05) is 18.7 Å². The van der Waals surface area contributed by atoms with E-state index >= 15 is 0 Å². The van der Waals surface area contributed by atoms with Crippen molar-refractivity contribution < 1.29 is 4.79 Å². The zero-order valence-corrected chi connectivity index (χ0v) is 15.1. The van der Waals surface area contributed by atoms with Gasteiger partial charge in [-0.2, -0.15) is 0 Å². The second-order valence-electron chi connectivity index (χ2n) is 6.37. The molecule has 0 saturated heterocycles. The fraction of sp³-hybridized carbons (Fsp3) is 0.706.